The lowest BCUT2D eigenvalue weighted by molar-refractivity contribution is -0.251. The first kappa shape index (κ1) is 15.9. The molecule has 5 atom stereocenters. The number of ether oxygens (including phenoxy) is 2. The summed E-state index contributed by atoms with van der Waals surface area (Å²) in [6.45, 7) is 0. The molecule has 0 aromatic carbocycles. The smallest absolute Gasteiger partial charge is 0.431 e. The van der Waals surface area contributed by atoms with Crippen LogP contribution in [0.15, 0.2) is 0 Å². The molecule has 1 N–H and O–H groups in total. The Morgan fingerprint density at radius 1 is 1.14 bits per heavy atom. The molecule has 0 spiro atoms. The molecule has 5 nitrogen and oxygen atoms in total. The van der Waals surface area contributed by atoms with Gasteiger partial charge in [0.2, 0.25) is 0 Å². The molecule has 2 bridgehead atoms. The fourth-order valence-corrected chi connectivity index (χ4v) is 2.76. The zero-order valence-corrected chi connectivity index (χ0v) is 10.3. The van der Waals surface area contributed by atoms with Crippen LogP contribution in [0.1, 0.15) is 12.8 Å². The summed E-state index contributed by atoms with van der Waals surface area (Å²) < 4.78 is 70.7. The standard InChI is InChI=1S/C11H11F5O5/c12-8(13)7(11(14,15)16)21-10(19)6-4-2-1-3(20-4)5(6)9(17)18/h3-8H,1-2H2,(H,17,18). The first-order valence-electron chi connectivity index (χ1n) is 6.06. The number of carboxylic acid groups (broad SMARTS) is 1. The molecule has 0 aromatic rings. The van der Waals surface area contributed by atoms with E-state index in [4.69, 9.17) is 9.84 Å². The van der Waals surface area contributed by atoms with Crippen LogP contribution in [0.3, 0.4) is 0 Å². The van der Waals surface area contributed by atoms with Crippen LogP contribution in [-0.4, -0.2) is 48.0 Å². The fourth-order valence-electron chi connectivity index (χ4n) is 2.76. The average Bonchev–Trinajstić information content (AvgIpc) is 2.93. The van der Waals surface area contributed by atoms with E-state index in [0.29, 0.717) is 6.42 Å². The average molecular weight is 318 g/mol. The van der Waals surface area contributed by atoms with Crippen molar-refractivity contribution in [3.63, 3.8) is 0 Å². The zero-order valence-electron chi connectivity index (χ0n) is 10.3. The van der Waals surface area contributed by atoms with E-state index < -0.39 is 54.7 Å². The van der Waals surface area contributed by atoms with Crippen molar-refractivity contribution in [2.75, 3.05) is 0 Å². The van der Waals surface area contributed by atoms with Crippen molar-refractivity contribution in [3.8, 4) is 0 Å². The number of carbonyl (C=O) groups is 2. The summed E-state index contributed by atoms with van der Waals surface area (Å²) in [5.41, 5.74) is 0. The predicted octanol–water partition coefficient (Wildman–Crippen LogP) is 1.60. The minimum Gasteiger partial charge on any atom is -0.481 e. The Bertz CT molecular complexity index is 437. The molecular formula is C11H11F5O5. The van der Waals surface area contributed by atoms with E-state index in [-0.39, 0.29) is 6.42 Å². The molecule has 0 aliphatic carbocycles. The minimum absolute atomic E-state index is 0.277. The van der Waals surface area contributed by atoms with Crippen LogP contribution in [-0.2, 0) is 19.1 Å². The van der Waals surface area contributed by atoms with Gasteiger partial charge in [-0.15, -0.1) is 0 Å². The minimum atomic E-state index is -5.43. The number of aliphatic carboxylic acids is 1. The van der Waals surface area contributed by atoms with Crippen molar-refractivity contribution in [2.45, 2.75) is 43.8 Å². The second-order valence-electron chi connectivity index (χ2n) is 4.91. The molecule has 21 heavy (non-hydrogen) atoms. The number of halogens is 5. The molecule has 10 heteroatoms. The van der Waals surface area contributed by atoms with Crippen molar-refractivity contribution in [2.24, 2.45) is 11.8 Å². The number of hydrogen-bond acceptors (Lipinski definition) is 4. The monoisotopic (exact) mass is 318 g/mol. The van der Waals surface area contributed by atoms with Gasteiger partial charge < -0.3 is 14.6 Å². The molecule has 120 valence electrons. The summed E-state index contributed by atoms with van der Waals surface area (Å²) in [5.74, 6) is -5.91. The molecular weight excluding hydrogens is 307 g/mol. The molecule has 0 radical (unpaired) electrons. The number of hydrogen-bond donors (Lipinski definition) is 1. The number of carboxylic acids is 1. The van der Waals surface area contributed by atoms with Crippen molar-refractivity contribution in [1.82, 2.24) is 0 Å². The van der Waals surface area contributed by atoms with Crippen LogP contribution in [0.4, 0.5) is 22.0 Å². The fraction of sp³-hybridized carbons (Fsp3) is 0.818. The number of esters is 1. The van der Waals surface area contributed by atoms with Crippen LogP contribution in [0.2, 0.25) is 0 Å². The quantitative estimate of drug-likeness (QED) is 0.630. The number of rotatable bonds is 4. The highest BCUT2D eigenvalue weighted by Crippen LogP contribution is 2.44. The third-order valence-electron chi connectivity index (χ3n) is 3.63. The Morgan fingerprint density at radius 2 is 1.67 bits per heavy atom. The van der Waals surface area contributed by atoms with E-state index in [0.717, 1.165) is 0 Å². The van der Waals surface area contributed by atoms with Gasteiger partial charge in [-0.3, -0.25) is 9.59 Å². The SMILES string of the molecule is O=C(O)C1C2CCC(O2)C1C(=O)OC(C(F)F)C(F)(F)F. The summed E-state index contributed by atoms with van der Waals surface area (Å²) in [5, 5.41) is 9.00. The van der Waals surface area contributed by atoms with Crippen molar-refractivity contribution < 1.29 is 46.1 Å². The Morgan fingerprint density at radius 3 is 2.10 bits per heavy atom. The van der Waals surface area contributed by atoms with Crippen LogP contribution in [0.5, 0.6) is 0 Å². The number of fused-ring (bicyclic) bond motifs is 2. The van der Waals surface area contributed by atoms with Gasteiger partial charge in [-0.05, 0) is 12.8 Å². The second kappa shape index (κ2) is 5.39. The number of carbonyl (C=O) groups excluding carboxylic acids is 1. The first-order valence-corrected chi connectivity index (χ1v) is 6.06. The number of alkyl halides is 5. The molecule has 2 rings (SSSR count). The summed E-state index contributed by atoms with van der Waals surface area (Å²) >= 11 is 0. The molecule has 5 unspecified atom stereocenters. The van der Waals surface area contributed by atoms with Gasteiger partial charge in [0, 0.05) is 0 Å². The zero-order chi connectivity index (χ0) is 15.9. The van der Waals surface area contributed by atoms with Crippen LogP contribution < -0.4 is 0 Å². The maximum atomic E-state index is 12.4. The van der Waals surface area contributed by atoms with Gasteiger partial charge in [0.05, 0.1) is 24.0 Å². The van der Waals surface area contributed by atoms with E-state index in [1.54, 1.807) is 0 Å². The van der Waals surface area contributed by atoms with Gasteiger partial charge in [-0.25, -0.2) is 8.78 Å². The molecule has 2 aliphatic rings. The maximum Gasteiger partial charge on any atom is 0.431 e. The van der Waals surface area contributed by atoms with E-state index in [2.05, 4.69) is 4.74 Å². The first-order chi connectivity index (χ1) is 9.62. The summed E-state index contributed by atoms with van der Waals surface area (Å²) in [7, 11) is 0. The van der Waals surface area contributed by atoms with Gasteiger partial charge >= 0.3 is 18.1 Å². The van der Waals surface area contributed by atoms with Gasteiger partial charge in [-0.2, -0.15) is 13.2 Å². The largest absolute Gasteiger partial charge is 0.481 e. The van der Waals surface area contributed by atoms with Crippen molar-refractivity contribution >= 4 is 11.9 Å². The Hall–Kier alpha value is -1.45. The highest BCUT2D eigenvalue weighted by molar-refractivity contribution is 5.83. The molecule has 2 aliphatic heterocycles. The predicted molar refractivity (Wildman–Crippen MR) is 54.4 cm³/mol. The molecule has 0 aromatic heterocycles. The van der Waals surface area contributed by atoms with Gasteiger partial charge in [0.15, 0.2) is 0 Å². The molecule has 2 fully saturated rings. The third kappa shape index (κ3) is 2.94. The van der Waals surface area contributed by atoms with Crippen molar-refractivity contribution in [1.29, 1.82) is 0 Å². The van der Waals surface area contributed by atoms with Gasteiger partial charge in [-0.1, -0.05) is 0 Å². The van der Waals surface area contributed by atoms with E-state index in [9.17, 15) is 31.5 Å². The highest BCUT2D eigenvalue weighted by Gasteiger charge is 2.58. The van der Waals surface area contributed by atoms with Crippen molar-refractivity contribution in [3.05, 3.63) is 0 Å². The van der Waals surface area contributed by atoms with Crippen LogP contribution in [0, 0.1) is 11.8 Å². The highest BCUT2D eigenvalue weighted by atomic mass is 19.4. The molecule has 0 saturated carbocycles. The lowest BCUT2D eigenvalue weighted by Gasteiger charge is -2.26. The summed E-state index contributed by atoms with van der Waals surface area (Å²) in [4.78, 5) is 22.8. The molecule has 2 heterocycles. The van der Waals surface area contributed by atoms with Gasteiger partial charge in [0.1, 0.15) is 0 Å². The Kier molecular flexibility index (Phi) is 4.09. The van der Waals surface area contributed by atoms with Crippen LogP contribution >= 0.6 is 0 Å². The molecule has 0 amide bonds. The topological polar surface area (TPSA) is 72.8 Å². The molecule has 2 saturated heterocycles. The van der Waals surface area contributed by atoms with E-state index >= 15 is 0 Å². The Balaban J connectivity index is 2.14. The lowest BCUT2D eigenvalue weighted by atomic mass is 9.79. The van der Waals surface area contributed by atoms with E-state index in [1.807, 2.05) is 0 Å². The third-order valence-corrected chi connectivity index (χ3v) is 3.63. The van der Waals surface area contributed by atoms with Crippen LogP contribution in [0.25, 0.3) is 0 Å². The lowest BCUT2D eigenvalue weighted by Crippen LogP contribution is -2.45. The van der Waals surface area contributed by atoms with E-state index in [1.165, 1.54) is 0 Å². The second-order valence-corrected chi connectivity index (χ2v) is 4.91. The Labute approximate surface area is 115 Å². The van der Waals surface area contributed by atoms with Gasteiger partial charge in [0.25, 0.3) is 12.5 Å². The summed E-state index contributed by atoms with van der Waals surface area (Å²) in [6, 6.07) is 0. The normalized spacial score (nSPS) is 33.2. The maximum absolute atomic E-state index is 12.4. The summed E-state index contributed by atoms with van der Waals surface area (Å²) in [6.07, 6.45) is -14.0.